The van der Waals surface area contributed by atoms with E-state index in [9.17, 15) is 18.1 Å². The molecule has 1 aliphatic heterocycles. The maximum absolute atomic E-state index is 14.5. The summed E-state index contributed by atoms with van der Waals surface area (Å²) >= 11 is -1.57. The van der Waals surface area contributed by atoms with Crippen LogP contribution < -0.4 is 16.3 Å². The fraction of sp³-hybridized carbons (Fsp3) is 0.333. The molecule has 1 saturated heterocycles. The Labute approximate surface area is 223 Å². The van der Waals surface area contributed by atoms with Gasteiger partial charge in [0.15, 0.2) is 27.8 Å². The predicted octanol–water partition coefficient (Wildman–Crippen LogP) is 1.46. The van der Waals surface area contributed by atoms with Crippen molar-refractivity contribution >= 4 is 39.6 Å². The number of nitrogen functional groups attached to an aromatic ring is 1. The molecule has 0 saturated carbocycles. The molecule has 39 heavy (non-hydrogen) atoms. The summed E-state index contributed by atoms with van der Waals surface area (Å²) in [5.41, 5.74) is 7.45. The molecular formula is C24H25F2N9O3S. The molecule has 1 aromatic carbocycles. The van der Waals surface area contributed by atoms with Crippen LogP contribution in [0.3, 0.4) is 0 Å². The first kappa shape index (κ1) is 25.3. The van der Waals surface area contributed by atoms with Gasteiger partial charge in [-0.25, -0.2) is 18.6 Å². The van der Waals surface area contributed by atoms with Crippen LogP contribution in [0.2, 0.25) is 0 Å². The minimum absolute atomic E-state index is 0.0194. The molecule has 0 amide bonds. The number of rotatable bonds is 6. The zero-order chi connectivity index (χ0) is 27.4. The molecule has 0 spiro atoms. The minimum atomic E-state index is -1.57. The van der Waals surface area contributed by atoms with Crippen LogP contribution >= 0.6 is 0 Å². The van der Waals surface area contributed by atoms with Gasteiger partial charge in [0, 0.05) is 58.4 Å². The Morgan fingerprint density at radius 3 is 2.56 bits per heavy atom. The number of halogens is 2. The summed E-state index contributed by atoms with van der Waals surface area (Å²) in [5, 5.41) is 4.38. The second kappa shape index (κ2) is 9.66. The Kier molecular flexibility index (Phi) is 6.28. The Bertz CT molecular complexity index is 1740. The summed E-state index contributed by atoms with van der Waals surface area (Å²) in [7, 11) is 1.65. The molecule has 1 fully saturated rings. The topological polar surface area (TPSA) is 139 Å². The summed E-state index contributed by atoms with van der Waals surface area (Å²) in [6.07, 6.45) is 2.88. The molecule has 204 valence electrons. The van der Waals surface area contributed by atoms with Gasteiger partial charge in [-0.15, -0.1) is 5.10 Å². The highest BCUT2D eigenvalue weighted by molar-refractivity contribution is 7.90. The number of nitrogens with zero attached hydrogens (tertiary/aromatic N) is 8. The van der Waals surface area contributed by atoms with E-state index >= 15 is 0 Å². The van der Waals surface area contributed by atoms with Crippen molar-refractivity contribution in [1.29, 1.82) is 0 Å². The summed E-state index contributed by atoms with van der Waals surface area (Å²) in [4.78, 5) is 26.1. The number of anilines is 2. The molecule has 15 heteroatoms. The van der Waals surface area contributed by atoms with Crippen LogP contribution in [-0.4, -0.2) is 77.1 Å². The van der Waals surface area contributed by atoms with Crippen LogP contribution in [0, 0.1) is 11.6 Å². The van der Waals surface area contributed by atoms with E-state index in [1.54, 1.807) is 23.7 Å². The van der Waals surface area contributed by atoms with E-state index in [1.165, 1.54) is 27.7 Å². The molecule has 12 nitrogen and oxygen atoms in total. The van der Waals surface area contributed by atoms with Gasteiger partial charge in [0.05, 0.1) is 12.0 Å². The quantitative estimate of drug-likeness (QED) is 0.308. The van der Waals surface area contributed by atoms with Crippen LogP contribution in [0.1, 0.15) is 0 Å². The van der Waals surface area contributed by atoms with E-state index < -0.39 is 22.8 Å². The highest BCUT2D eigenvalue weighted by atomic mass is 32.2. The Morgan fingerprint density at radius 1 is 1.10 bits per heavy atom. The SMILES string of the molecule is Cn1c(=O)n(CCN2CCN(c3cc([S@@+](C)[O-])c(F)cc3F)CC2)c2nc(N)n3nc(-c4ccco4)nc3c21. The molecular weight excluding hydrogens is 532 g/mol. The average Bonchev–Trinajstić information content (AvgIpc) is 3.63. The normalized spacial score (nSPS) is 15.6. The number of aryl methyl sites for hydroxylation is 1. The second-order valence-corrected chi connectivity index (χ2v) is 10.6. The lowest BCUT2D eigenvalue weighted by molar-refractivity contribution is 0.247. The fourth-order valence-corrected chi connectivity index (χ4v) is 5.55. The molecule has 1 aliphatic rings. The first-order valence-electron chi connectivity index (χ1n) is 12.2. The third-order valence-corrected chi connectivity index (χ3v) is 7.91. The molecule has 6 rings (SSSR count). The molecule has 4 aromatic heterocycles. The van der Waals surface area contributed by atoms with Crippen LogP contribution in [0.4, 0.5) is 20.4 Å². The number of nitrogens with two attached hydrogens (primary N) is 1. The summed E-state index contributed by atoms with van der Waals surface area (Å²) in [5.74, 6) is -0.616. The van der Waals surface area contributed by atoms with Crippen LogP contribution in [0.5, 0.6) is 0 Å². The number of piperazine rings is 1. The van der Waals surface area contributed by atoms with Gasteiger partial charge in [0.1, 0.15) is 17.6 Å². The van der Waals surface area contributed by atoms with Crippen LogP contribution in [-0.2, 0) is 24.8 Å². The minimum Gasteiger partial charge on any atom is -0.612 e. The van der Waals surface area contributed by atoms with Crippen molar-refractivity contribution in [3.8, 4) is 11.6 Å². The van der Waals surface area contributed by atoms with Gasteiger partial charge in [-0.1, -0.05) is 0 Å². The van der Waals surface area contributed by atoms with E-state index in [4.69, 9.17) is 10.2 Å². The molecule has 0 radical (unpaired) electrons. The Hall–Kier alpha value is -3.95. The summed E-state index contributed by atoms with van der Waals surface area (Å²) < 4.78 is 50.1. The third kappa shape index (κ3) is 4.31. The lowest BCUT2D eigenvalue weighted by atomic mass is 10.2. The van der Waals surface area contributed by atoms with Gasteiger partial charge in [0.2, 0.25) is 11.8 Å². The highest BCUT2D eigenvalue weighted by Gasteiger charge is 2.25. The highest BCUT2D eigenvalue weighted by Crippen LogP contribution is 2.27. The largest absolute Gasteiger partial charge is 0.612 e. The first-order chi connectivity index (χ1) is 18.7. The number of fused-ring (bicyclic) bond motifs is 3. The Morgan fingerprint density at radius 2 is 1.87 bits per heavy atom. The number of imidazole rings is 1. The predicted molar refractivity (Wildman–Crippen MR) is 141 cm³/mol. The van der Waals surface area contributed by atoms with E-state index in [1.807, 2.05) is 4.90 Å². The van der Waals surface area contributed by atoms with Gasteiger partial charge in [0.25, 0.3) is 0 Å². The first-order valence-corrected chi connectivity index (χ1v) is 13.7. The zero-order valence-electron chi connectivity index (χ0n) is 21.2. The second-order valence-electron chi connectivity index (χ2n) is 9.30. The molecule has 5 heterocycles. The molecule has 0 aliphatic carbocycles. The van der Waals surface area contributed by atoms with Crippen molar-refractivity contribution in [3.05, 3.63) is 52.6 Å². The van der Waals surface area contributed by atoms with Crippen molar-refractivity contribution in [2.75, 3.05) is 49.6 Å². The van der Waals surface area contributed by atoms with E-state index in [0.29, 0.717) is 67.7 Å². The maximum Gasteiger partial charge on any atom is 0.330 e. The standard InChI is InChI=1S/C24H25F2N9O3S/c1-31-19-21(29-23(27)35-22(19)28-20(30-35)17-4-3-11-38-17)34(24(31)36)10-7-32-5-8-33(9-6-32)16-13-18(39(2)37)15(26)12-14(16)25/h3-4,11-13H,5-10H2,1-2H3,(H2,27,29)/t39-/m1/s1. The lowest BCUT2D eigenvalue weighted by Gasteiger charge is -2.36. The van der Waals surface area contributed by atoms with Crippen LogP contribution in [0.25, 0.3) is 28.4 Å². The van der Waals surface area contributed by atoms with Gasteiger partial charge in [-0.05, 0) is 23.3 Å². The monoisotopic (exact) mass is 557 g/mol. The molecule has 1 atom stereocenters. The van der Waals surface area contributed by atoms with Crippen molar-refractivity contribution in [3.63, 3.8) is 0 Å². The number of aromatic nitrogens is 6. The smallest absolute Gasteiger partial charge is 0.330 e. The van der Waals surface area contributed by atoms with Gasteiger partial charge < -0.3 is 19.6 Å². The van der Waals surface area contributed by atoms with Gasteiger partial charge >= 0.3 is 5.69 Å². The number of hydrogen-bond acceptors (Lipinski definition) is 9. The van der Waals surface area contributed by atoms with E-state index in [-0.39, 0.29) is 22.2 Å². The molecule has 2 N–H and O–H groups in total. The number of benzene rings is 1. The van der Waals surface area contributed by atoms with Gasteiger partial charge in [-0.3, -0.25) is 14.0 Å². The average molecular weight is 558 g/mol. The number of furan rings is 1. The van der Waals surface area contributed by atoms with Gasteiger partial charge in [-0.2, -0.15) is 9.50 Å². The summed E-state index contributed by atoms with van der Waals surface area (Å²) in [6, 6.07) is 5.57. The maximum atomic E-state index is 14.5. The lowest BCUT2D eigenvalue weighted by Crippen LogP contribution is -2.48. The van der Waals surface area contributed by atoms with Crippen LogP contribution in [0.15, 0.2) is 44.6 Å². The molecule has 5 aromatic rings. The van der Waals surface area contributed by atoms with Crippen molar-refractivity contribution in [1.82, 2.24) is 33.6 Å². The fourth-order valence-electron chi connectivity index (χ4n) is 4.94. The van der Waals surface area contributed by atoms with E-state index in [0.717, 1.165) is 6.07 Å². The number of hydrogen-bond donors (Lipinski definition) is 1. The third-order valence-electron chi connectivity index (χ3n) is 6.98. The van der Waals surface area contributed by atoms with E-state index in [2.05, 4.69) is 20.0 Å². The molecule has 0 unspecified atom stereocenters. The van der Waals surface area contributed by atoms with Crippen molar-refractivity contribution in [2.24, 2.45) is 7.05 Å². The van der Waals surface area contributed by atoms with Crippen molar-refractivity contribution in [2.45, 2.75) is 11.4 Å². The van der Waals surface area contributed by atoms with Crippen molar-refractivity contribution < 1.29 is 17.8 Å². The molecule has 0 bridgehead atoms. The zero-order valence-corrected chi connectivity index (χ0v) is 22.0. The summed E-state index contributed by atoms with van der Waals surface area (Å²) in [6.45, 7) is 3.06. The Balaban J connectivity index is 1.22.